The maximum Gasteiger partial charge on any atom is 0.317 e. The van der Waals surface area contributed by atoms with E-state index in [1.807, 2.05) is 0 Å². The summed E-state index contributed by atoms with van der Waals surface area (Å²) in [6.45, 7) is -0.0820. The Morgan fingerprint density at radius 3 is 2.71 bits per heavy atom. The molecule has 3 N–H and O–H groups in total. The van der Waals surface area contributed by atoms with Gasteiger partial charge in [0.2, 0.25) is 5.92 Å². The fraction of sp³-hybridized carbons (Fsp3) is 0.565. The Bertz CT molecular complexity index is 1400. The van der Waals surface area contributed by atoms with Crippen LogP contribution in [0.3, 0.4) is 0 Å². The van der Waals surface area contributed by atoms with E-state index in [2.05, 4.69) is 25.7 Å². The molecule has 0 bridgehead atoms. The van der Waals surface area contributed by atoms with Crippen LogP contribution in [0.4, 0.5) is 22.4 Å². The van der Waals surface area contributed by atoms with Crippen molar-refractivity contribution < 1.29 is 31.8 Å². The molecule has 38 heavy (non-hydrogen) atoms. The van der Waals surface area contributed by atoms with Crippen LogP contribution in [0.25, 0.3) is 5.65 Å². The molecule has 1 aliphatic heterocycles. The Kier molecular flexibility index (Phi) is 5.57. The van der Waals surface area contributed by atoms with Crippen molar-refractivity contribution in [2.24, 2.45) is 23.5 Å². The van der Waals surface area contributed by atoms with Gasteiger partial charge in [-0.1, -0.05) is 5.16 Å². The molecular weight excluding hydrogens is 512 g/mol. The number of primary amides is 1. The van der Waals surface area contributed by atoms with Gasteiger partial charge < -0.3 is 16.0 Å². The second-order valence-corrected chi connectivity index (χ2v) is 10.3. The van der Waals surface area contributed by atoms with E-state index in [0.29, 0.717) is 16.9 Å². The molecule has 2 saturated carbocycles. The highest BCUT2D eigenvalue weighted by atomic mass is 19.3. The largest absolute Gasteiger partial charge is 0.364 e. The van der Waals surface area contributed by atoms with Gasteiger partial charge in [-0.05, 0) is 35.5 Å². The van der Waals surface area contributed by atoms with Crippen LogP contribution in [-0.4, -0.2) is 66.7 Å². The Morgan fingerprint density at radius 2 is 1.97 bits per heavy atom. The van der Waals surface area contributed by atoms with Gasteiger partial charge >= 0.3 is 6.03 Å². The smallest absolute Gasteiger partial charge is 0.317 e. The van der Waals surface area contributed by atoms with Gasteiger partial charge in [-0.2, -0.15) is 5.10 Å². The Balaban J connectivity index is 1.30. The minimum absolute atomic E-state index is 0.0526. The fourth-order valence-corrected chi connectivity index (χ4v) is 5.72. The van der Waals surface area contributed by atoms with Crippen molar-refractivity contribution in [2.45, 2.75) is 50.0 Å². The Labute approximate surface area is 212 Å². The van der Waals surface area contributed by atoms with Crippen molar-refractivity contribution in [1.29, 1.82) is 0 Å². The maximum absolute atomic E-state index is 13.9. The zero-order valence-electron chi connectivity index (χ0n) is 20.0. The summed E-state index contributed by atoms with van der Waals surface area (Å²) < 4.78 is 61.8. The number of nitrogens with two attached hydrogens (primary N) is 1. The molecule has 4 heterocycles. The topological polar surface area (TPSA) is 145 Å². The third kappa shape index (κ3) is 4.22. The van der Waals surface area contributed by atoms with E-state index in [4.69, 9.17) is 10.4 Å². The Morgan fingerprint density at radius 1 is 1.21 bits per heavy atom. The number of imidazole rings is 1. The second-order valence-electron chi connectivity index (χ2n) is 10.3. The van der Waals surface area contributed by atoms with E-state index in [1.54, 1.807) is 12.3 Å². The van der Waals surface area contributed by atoms with Crippen molar-refractivity contribution in [1.82, 2.24) is 35.1 Å². The summed E-state index contributed by atoms with van der Waals surface area (Å²) in [5.41, 5.74) is 6.73. The van der Waals surface area contributed by atoms with E-state index in [1.165, 1.54) is 15.6 Å². The monoisotopic (exact) mass is 536 g/mol. The lowest BCUT2D eigenvalue weighted by atomic mass is 9.75. The highest BCUT2D eigenvalue weighted by Crippen LogP contribution is 2.55. The number of carbonyl (C=O) groups is 2. The number of nitrogens with zero attached hydrogens (tertiary/aromatic N) is 6. The fourth-order valence-electron chi connectivity index (χ4n) is 5.72. The standard InChI is InChI=1S/C23H24F4N8O3/c24-22(25)3-1-12(2-4-22)17(18-19(20(28)36)33-38-32-18)15-10-35-16(31-15)5-11(6-30-35)8-34-9-14-13(23(14,26)27)7-29-21(34)37/h5-6,10,12-14,17H,1-4,7-9H2,(H2,28,36)(H,29,37)/t13-,14+,17-/m0/s1. The molecule has 0 aromatic carbocycles. The summed E-state index contributed by atoms with van der Waals surface area (Å²) in [7, 11) is 0. The van der Waals surface area contributed by atoms with Gasteiger partial charge in [-0.25, -0.2) is 36.5 Å². The number of alkyl halides is 4. The predicted octanol–water partition coefficient (Wildman–Crippen LogP) is 2.58. The number of carbonyl (C=O) groups excluding carboxylic acids is 2. The molecule has 6 rings (SSSR count). The summed E-state index contributed by atoms with van der Waals surface area (Å²) >= 11 is 0. The minimum Gasteiger partial charge on any atom is -0.364 e. The molecule has 11 nitrogen and oxygen atoms in total. The molecule has 3 aromatic heterocycles. The summed E-state index contributed by atoms with van der Waals surface area (Å²) in [4.78, 5) is 30.3. The lowest BCUT2D eigenvalue weighted by Crippen LogP contribution is -2.40. The number of urea groups is 1. The number of halogens is 4. The van der Waals surface area contributed by atoms with Crippen molar-refractivity contribution >= 4 is 17.6 Å². The average Bonchev–Trinajstić information content (AvgIpc) is 3.20. The van der Waals surface area contributed by atoms with E-state index in [0.717, 1.165) is 0 Å². The lowest BCUT2D eigenvalue weighted by molar-refractivity contribution is -0.0476. The molecule has 3 fully saturated rings. The maximum atomic E-state index is 13.9. The summed E-state index contributed by atoms with van der Waals surface area (Å²) in [6.07, 6.45) is 2.78. The third-order valence-corrected chi connectivity index (χ3v) is 7.91. The van der Waals surface area contributed by atoms with Gasteiger partial charge in [0, 0.05) is 32.5 Å². The van der Waals surface area contributed by atoms with Crippen molar-refractivity contribution in [3.8, 4) is 0 Å². The number of amides is 3. The average molecular weight is 536 g/mol. The van der Waals surface area contributed by atoms with Crippen molar-refractivity contribution in [3.63, 3.8) is 0 Å². The normalized spacial score (nSPS) is 25.5. The van der Waals surface area contributed by atoms with Gasteiger partial charge in [0.15, 0.2) is 11.3 Å². The van der Waals surface area contributed by atoms with Crippen LogP contribution in [0.2, 0.25) is 0 Å². The molecule has 0 radical (unpaired) electrons. The zero-order valence-corrected chi connectivity index (χ0v) is 20.0. The van der Waals surface area contributed by atoms with Crippen molar-refractivity contribution in [2.75, 3.05) is 13.1 Å². The summed E-state index contributed by atoms with van der Waals surface area (Å²) in [6, 6.07) is 1.24. The summed E-state index contributed by atoms with van der Waals surface area (Å²) in [5, 5.41) is 14.4. The summed E-state index contributed by atoms with van der Waals surface area (Å²) in [5.74, 6) is -9.18. The molecule has 3 aliphatic rings. The zero-order chi connectivity index (χ0) is 26.8. The minimum atomic E-state index is -2.79. The first-order chi connectivity index (χ1) is 18.0. The molecule has 3 atom stereocenters. The van der Waals surface area contributed by atoms with Crippen molar-refractivity contribution in [3.05, 3.63) is 41.1 Å². The first-order valence-corrected chi connectivity index (χ1v) is 12.3. The molecular formula is C23H24F4N8O3. The van der Waals surface area contributed by atoms with Gasteiger partial charge in [-0.15, -0.1) is 0 Å². The molecule has 2 aliphatic carbocycles. The molecule has 0 spiro atoms. The van der Waals surface area contributed by atoms with Gasteiger partial charge in [0.05, 0.1) is 35.8 Å². The van der Waals surface area contributed by atoms with E-state index in [9.17, 15) is 27.2 Å². The van der Waals surface area contributed by atoms with Crippen LogP contribution in [0.5, 0.6) is 0 Å². The predicted molar refractivity (Wildman–Crippen MR) is 120 cm³/mol. The SMILES string of the molecule is NC(=O)c1nonc1[C@H](c1cn2ncc(CN3C[C@@H]4[C@H](CNC3=O)C4(F)F)cc2n1)C1CCC(F)(F)CC1. The number of rotatable bonds is 6. The molecule has 3 aromatic rings. The van der Waals surface area contributed by atoms with E-state index in [-0.39, 0.29) is 62.6 Å². The number of nitrogens with one attached hydrogen (secondary N) is 1. The van der Waals surface area contributed by atoms with Gasteiger partial charge in [0.25, 0.3) is 11.8 Å². The quantitative estimate of drug-likeness (QED) is 0.461. The first kappa shape index (κ1) is 24.6. The molecule has 1 saturated heterocycles. The van der Waals surface area contributed by atoms with Crippen LogP contribution in [0.1, 0.15) is 59.0 Å². The molecule has 202 valence electrons. The number of hydrogen-bond acceptors (Lipinski definition) is 7. The lowest BCUT2D eigenvalue weighted by Gasteiger charge is -2.32. The number of aromatic nitrogens is 5. The van der Waals surface area contributed by atoms with Crippen LogP contribution >= 0.6 is 0 Å². The van der Waals surface area contributed by atoms with Crippen LogP contribution in [-0.2, 0) is 6.54 Å². The number of fused-ring (bicyclic) bond motifs is 2. The molecule has 3 amide bonds. The van der Waals surface area contributed by atoms with E-state index >= 15 is 0 Å². The van der Waals surface area contributed by atoms with Crippen LogP contribution in [0.15, 0.2) is 23.1 Å². The van der Waals surface area contributed by atoms with Crippen LogP contribution in [0, 0.1) is 17.8 Å². The Hall–Kier alpha value is -3.78. The molecule has 15 heteroatoms. The van der Waals surface area contributed by atoms with E-state index < -0.39 is 41.5 Å². The third-order valence-electron chi connectivity index (χ3n) is 7.91. The van der Waals surface area contributed by atoms with Gasteiger partial charge in [-0.3, -0.25) is 4.79 Å². The second kappa shape index (κ2) is 8.63. The van der Waals surface area contributed by atoms with Crippen LogP contribution < -0.4 is 11.1 Å². The highest BCUT2D eigenvalue weighted by molar-refractivity contribution is 5.91. The number of hydrogen-bond donors (Lipinski definition) is 2. The first-order valence-electron chi connectivity index (χ1n) is 12.3. The highest BCUT2D eigenvalue weighted by Gasteiger charge is 2.69. The molecule has 0 unspecified atom stereocenters. The van der Waals surface area contributed by atoms with Gasteiger partial charge in [0.1, 0.15) is 5.69 Å².